The van der Waals surface area contributed by atoms with Gasteiger partial charge in [0.15, 0.2) is 0 Å². The monoisotopic (exact) mass is 871 g/mol. The Morgan fingerprint density at radius 1 is 0.905 bits per heavy atom. The van der Waals surface area contributed by atoms with Gasteiger partial charge in [-0.1, -0.05) is 84.9 Å². The molecule has 326 valence electrons. The smallest absolute Gasteiger partial charge is 0.408 e. The molecule has 2 bridgehead atoms. The minimum absolute atomic E-state index is 0.00657. The molecule has 4 aromatic carbocycles. The number of benzene rings is 4. The Morgan fingerprint density at radius 3 is 2.37 bits per heavy atom. The van der Waals surface area contributed by atoms with Crippen LogP contribution in [0.1, 0.15) is 44.7 Å². The number of nitrogens with zero attached hydrogens (tertiary/aromatic N) is 2. The van der Waals surface area contributed by atoms with E-state index in [-0.39, 0.29) is 30.7 Å². The van der Waals surface area contributed by atoms with Crippen molar-refractivity contribution >= 4 is 44.7 Å². The highest BCUT2D eigenvalue weighted by atomic mass is 32.2. The summed E-state index contributed by atoms with van der Waals surface area (Å²) in [6.07, 6.45) is 2.75. The SMILES string of the molecule is COc1ccc2c(O[C@@H]3C[C@H]4C(=O)N[C@@]5(C(=O)NS(=O)(=O)c6ccccc6)CC5/C=C\Cc5cccc(c5)C[C@@H](NC(=O)OC(C)(C)C)C(=O)N4C3)cc(-c3ccccc3)nc2c1. The van der Waals surface area contributed by atoms with Crippen molar-refractivity contribution in [3.63, 3.8) is 0 Å². The quantitative estimate of drug-likeness (QED) is 0.159. The molecular formula is C48H49N5O9S. The summed E-state index contributed by atoms with van der Waals surface area (Å²) in [6, 6.07) is 29.5. The third-order valence-electron chi connectivity index (χ3n) is 11.4. The highest BCUT2D eigenvalue weighted by molar-refractivity contribution is 7.90. The summed E-state index contributed by atoms with van der Waals surface area (Å²) in [5.41, 5.74) is 1.21. The number of fused-ring (bicyclic) bond motifs is 5. The zero-order chi connectivity index (χ0) is 44.5. The van der Waals surface area contributed by atoms with Gasteiger partial charge < -0.3 is 29.7 Å². The number of sulfonamides is 1. The van der Waals surface area contributed by atoms with E-state index >= 15 is 4.79 Å². The Kier molecular flexibility index (Phi) is 11.7. The number of rotatable bonds is 8. The number of ether oxygens (including phenoxy) is 3. The second kappa shape index (κ2) is 17.2. The third-order valence-corrected chi connectivity index (χ3v) is 12.7. The summed E-state index contributed by atoms with van der Waals surface area (Å²) in [6.45, 7) is 5.08. The number of hydrogen-bond donors (Lipinski definition) is 3. The molecule has 1 aliphatic carbocycles. The first-order valence-corrected chi connectivity index (χ1v) is 22.3. The van der Waals surface area contributed by atoms with Gasteiger partial charge in [0.2, 0.25) is 11.8 Å². The Bertz CT molecular complexity index is 2710. The molecule has 3 heterocycles. The minimum Gasteiger partial charge on any atom is -0.497 e. The Hall–Kier alpha value is -6.74. The van der Waals surface area contributed by atoms with Gasteiger partial charge in [-0.25, -0.2) is 22.9 Å². The van der Waals surface area contributed by atoms with Gasteiger partial charge in [0.25, 0.3) is 15.9 Å². The topological polar surface area (TPSA) is 182 Å². The van der Waals surface area contributed by atoms with E-state index in [9.17, 15) is 22.8 Å². The van der Waals surface area contributed by atoms with Crippen LogP contribution in [0.15, 0.2) is 126 Å². The van der Waals surface area contributed by atoms with E-state index in [2.05, 4.69) is 15.4 Å². The van der Waals surface area contributed by atoms with E-state index in [1.807, 2.05) is 78.9 Å². The molecule has 5 atom stereocenters. The van der Waals surface area contributed by atoms with Gasteiger partial charge in [-0.3, -0.25) is 14.4 Å². The van der Waals surface area contributed by atoms with Crippen LogP contribution in [0.2, 0.25) is 0 Å². The fourth-order valence-corrected chi connectivity index (χ4v) is 9.27. The highest BCUT2D eigenvalue weighted by Gasteiger charge is 2.61. The van der Waals surface area contributed by atoms with Gasteiger partial charge >= 0.3 is 6.09 Å². The van der Waals surface area contributed by atoms with Gasteiger partial charge in [0.05, 0.1) is 29.8 Å². The lowest BCUT2D eigenvalue weighted by Gasteiger charge is -2.30. The van der Waals surface area contributed by atoms with Crippen LogP contribution >= 0.6 is 0 Å². The van der Waals surface area contributed by atoms with Crippen LogP contribution in [-0.4, -0.2) is 85.1 Å². The summed E-state index contributed by atoms with van der Waals surface area (Å²) in [5.74, 6) is -1.66. The van der Waals surface area contributed by atoms with Crippen LogP contribution in [0.3, 0.4) is 0 Å². The fourth-order valence-electron chi connectivity index (χ4n) is 8.21. The van der Waals surface area contributed by atoms with Crippen LogP contribution < -0.4 is 24.8 Å². The first-order valence-electron chi connectivity index (χ1n) is 20.8. The molecule has 3 aliphatic rings. The molecule has 3 N–H and O–H groups in total. The highest BCUT2D eigenvalue weighted by Crippen LogP contribution is 2.46. The van der Waals surface area contributed by atoms with Crippen molar-refractivity contribution in [2.75, 3.05) is 13.7 Å². The molecule has 0 radical (unpaired) electrons. The molecule has 63 heavy (non-hydrogen) atoms. The molecule has 4 amide bonds. The molecule has 15 heteroatoms. The Balaban J connectivity index is 1.18. The average molecular weight is 872 g/mol. The standard InChI is InChI=1S/C48H49N5O9S/c1-47(2,3)62-46(57)50-40-24-31-15-11-13-30(23-31)14-12-18-33-28-48(33,45(56)52-63(58,59)36-19-9-6-10-20-36)51-43(54)41-26-35(29-53(41)44(40)55)61-42-27-38(32-16-7-5-8-17-32)49-39-25-34(60-4)21-22-37(39)42/h5-13,15-23,25,27,33,35,40-41H,14,24,26,28-29H2,1-4H3,(H,50,57)(H,51,54)(H,52,56)/b18-12-/t33?,35-,40-,41+,48+/m1/s1. The number of hydrogen-bond acceptors (Lipinski definition) is 10. The maximum absolute atomic E-state index is 15.0. The van der Waals surface area contributed by atoms with Gasteiger partial charge in [-0.2, -0.15) is 0 Å². The average Bonchev–Trinajstić information content (AvgIpc) is 3.79. The van der Waals surface area contributed by atoms with Crippen molar-refractivity contribution in [2.45, 2.75) is 80.7 Å². The zero-order valence-corrected chi connectivity index (χ0v) is 36.2. The summed E-state index contributed by atoms with van der Waals surface area (Å²) >= 11 is 0. The zero-order valence-electron chi connectivity index (χ0n) is 35.4. The molecule has 1 saturated carbocycles. The van der Waals surface area contributed by atoms with Crippen LogP contribution in [0, 0.1) is 5.92 Å². The predicted molar refractivity (Wildman–Crippen MR) is 235 cm³/mol. The summed E-state index contributed by atoms with van der Waals surface area (Å²) in [4.78, 5) is 63.5. The normalized spacial score (nSPS) is 22.9. The van der Waals surface area contributed by atoms with Crippen molar-refractivity contribution in [3.05, 3.63) is 132 Å². The molecule has 8 rings (SSSR count). The second-order valence-electron chi connectivity index (χ2n) is 17.1. The number of aromatic nitrogens is 1. The van der Waals surface area contributed by atoms with E-state index in [0.29, 0.717) is 34.5 Å². The van der Waals surface area contributed by atoms with E-state index in [1.54, 1.807) is 58.2 Å². The molecule has 1 saturated heterocycles. The summed E-state index contributed by atoms with van der Waals surface area (Å²) < 4.78 is 46.9. The first kappa shape index (κ1) is 42.9. The Labute approximate surface area is 366 Å². The van der Waals surface area contributed by atoms with E-state index in [1.165, 1.54) is 17.0 Å². The van der Waals surface area contributed by atoms with Crippen LogP contribution in [-0.2, 0) is 42.0 Å². The summed E-state index contributed by atoms with van der Waals surface area (Å²) in [7, 11) is -2.74. The van der Waals surface area contributed by atoms with Crippen molar-refractivity contribution in [1.82, 2.24) is 25.2 Å². The first-order chi connectivity index (χ1) is 30.1. The van der Waals surface area contributed by atoms with Crippen LogP contribution in [0.4, 0.5) is 4.79 Å². The third kappa shape index (κ3) is 9.53. The Morgan fingerprint density at radius 2 is 1.63 bits per heavy atom. The van der Waals surface area contributed by atoms with Crippen molar-refractivity contribution in [3.8, 4) is 22.8 Å². The minimum atomic E-state index is -4.31. The number of methoxy groups -OCH3 is 1. The number of carbonyl (C=O) groups is 4. The second-order valence-corrected chi connectivity index (χ2v) is 18.8. The number of amides is 4. The van der Waals surface area contributed by atoms with Crippen LogP contribution in [0.5, 0.6) is 11.5 Å². The van der Waals surface area contributed by atoms with Crippen molar-refractivity contribution < 1.29 is 41.8 Å². The molecule has 1 aromatic heterocycles. The molecule has 0 spiro atoms. The maximum atomic E-state index is 15.0. The maximum Gasteiger partial charge on any atom is 0.408 e. The number of pyridine rings is 1. The van der Waals surface area contributed by atoms with Gasteiger partial charge in [0, 0.05) is 41.8 Å². The summed E-state index contributed by atoms with van der Waals surface area (Å²) in [5, 5.41) is 6.34. The van der Waals surface area contributed by atoms with E-state index < -0.39 is 69.1 Å². The number of allylic oxidation sites excluding steroid dienone is 1. The predicted octanol–water partition coefficient (Wildman–Crippen LogP) is 5.89. The van der Waals surface area contributed by atoms with Crippen molar-refractivity contribution in [2.24, 2.45) is 5.92 Å². The molecule has 2 fully saturated rings. The van der Waals surface area contributed by atoms with Crippen LogP contribution in [0.25, 0.3) is 22.2 Å². The van der Waals surface area contributed by atoms with Gasteiger partial charge in [-0.05, 0) is 69.0 Å². The lowest BCUT2D eigenvalue weighted by Crippen LogP contribution is -2.58. The fraction of sp³-hybridized carbons (Fsp3) is 0.312. The largest absolute Gasteiger partial charge is 0.497 e. The van der Waals surface area contributed by atoms with Gasteiger partial charge in [0.1, 0.15) is 40.8 Å². The lowest BCUT2D eigenvalue weighted by molar-refractivity contribution is -0.141. The lowest BCUT2D eigenvalue weighted by atomic mass is 10.0. The number of carbonyl (C=O) groups excluding carboxylic acids is 4. The van der Waals surface area contributed by atoms with Crippen molar-refractivity contribution in [1.29, 1.82) is 0 Å². The molecule has 5 aromatic rings. The van der Waals surface area contributed by atoms with Gasteiger partial charge in [-0.15, -0.1) is 0 Å². The molecule has 14 nitrogen and oxygen atoms in total. The molecule has 2 aliphatic heterocycles. The van der Waals surface area contributed by atoms with E-state index in [0.717, 1.165) is 16.7 Å². The number of nitrogens with one attached hydrogen (secondary N) is 3. The number of alkyl carbamates (subject to hydrolysis) is 1. The van der Waals surface area contributed by atoms with E-state index in [4.69, 9.17) is 19.2 Å². The molecular weight excluding hydrogens is 823 g/mol. The molecule has 1 unspecified atom stereocenters.